The van der Waals surface area contributed by atoms with Crippen LogP contribution in [0.25, 0.3) is 11.1 Å². The average molecular weight is 303 g/mol. The number of anilines is 1. The average Bonchev–Trinajstić information content (AvgIpc) is 2.93. The summed E-state index contributed by atoms with van der Waals surface area (Å²) in [7, 11) is 0. The fraction of sp³-hybridized carbons (Fsp3) is 0.0500. The van der Waals surface area contributed by atoms with Gasteiger partial charge in [-0.25, -0.2) is 4.39 Å². The summed E-state index contributed by atoms with van der Waals surface area (Å²) in [4.78, 5) is 14.1. The van der Waals surface area contributed by atoms with E-state index in [-0.39, 0.29) is 11.7 Å². The van der Waals surface area contributed by atoms with E-state index in [1.807, 2.05) is 54.6 Å². The number of carbonyl (C=O) groups is 1. The van der Waals surface area contributed by atoms with E-state index >= 15 is 0 Å². The lowest BCUT2D eigenvalue weighted by Crippen LogP contribution is -2.23. The van der Waals surface area contributed by atoms with Gasteiger partial charge in [0.05, 0.1) is 6.54 Å². The predicted octanol–water partition coefficient (Wildman–Crippen LogP) is 4.65. The molecule has 3 heteroatoms. The van der Waals surface area contributed by atoms with Gasteiger partial charge in [0.25, 0.3) is 5.91 Å². The molecule has 0 atom stereocenters. The summed E-state index contributed by atoms with van der Waals surface area (Å²) in [5.41, 5.74) is 3.62. The summed E-state index contributed by atoms with van der Waals surface area (Å²) in [5, 5.41) is 0. The number of amides is 1. The third-order valence-electron chi connectivity index (χ3n) is 4.17. The highest BCUT2D eigenvalue weighted by atomic mass is 19.1. The van der Waals surface area contributed by atoms with Crippen molar-refractivity contribution in [1.82, 2.24) is 0 Å². The van der Waals surface area contributed by atoms with Crippen LogP contribution in [0.2, 0.25) is 0 Å². The molecule has 0 aromatic heterocycles. The second kappa shape index (κ2) is 5.36. The number of rotatable bonds is 2. The fourth-order valence-electron chi connectivity index (χ4n) is 2.99. The Balaban J connectivity index is 1.70. The molecule has 3 aromatic rings. The van der Waals surface area contributed by atoms with Gasteiger partial charge in [-0.15, -0.1) is 0 Å². The number of hydrogen-bond donors (Lipinski definition) is 0. The SMILES string of the molecule is O=C1c2ccccc2CN1c1ccc(-c2ccccc2)c(F)c1. The molecule has 1 amide bonds. The maximum absolute atomic E-state index is 14.5. The van der Waals surface area contributed by atoms with Gasteiger partial charge < -0.3 is 4.90 Å². The van der Waals surface area contributed by atoms with E-state index in [1.54, 1.807) is 17.0 Å². The van der Waals surface area contributed by atoms with Crippen LogP contribution in [0.3, 0.4) is 0 Å². The van der Waals surface area contributed by atoms with E-state index in [2.05, 4.69) is 0 Å². The van der Waals surface area contributed by atoms with Gasteiger partial charge in [-0.2, -0.15) is 0 Å². The second-order valence-electron chi connectivity index (χ2n) is 5.58. The summed E-state index contributed by atoms with van der Waals surface area (Å²) in [6, 6.07) is 21.9. The van der Waals surface area contributed by atoms with E-state index in [4.69, 9.17) is 0 Å². The van der Waals surface area contributed by atoms with Gasteiger partial charge in [0.15, 0.2) is 0 Å². The third-order valence-corrected chi connectivity index (χ3v) is 4.17. The zero-order valence-electron chi connectivity index (χ0n) is 12.4. The van der Waals surface area contributed by atoms with Crippen molar-refractivity contribution in [3.8, 4) is 11.1 Å². The first-order chi connectivity index (χ1) is 11.2. The molecule has 0 saturated carbocycles. The van der Waals surface area contributed by atoms with Crippen LogP contribution < -0.4 is 4.90 Å². The molecule has 23 heavy (non-hydrogen) atoms. The van der Waals surface area contributed by atoms with Gasteiger partial charge in [-0.1, -0.05) is 48.5 Å². The van der Waals surface area contributed by atoms with E-state index in [0.29, 0.717) is 23.4 Å². The van der Waals surface area contributed by atoms with Crippen LogP contribution in [0.5, 0.6) is 0 Å². The molecule has 0 fully saturated rings. The lowest BCUT2D eigenvalue weighted by Gasteiger charge is -2.17. The van der Waals surface area contributed by atoms with Crippen molar-refractivity contribution in [2.24, 2.45) is 0 Å². The van der Waals surface area contributed by atoms with Gasteiger partial charge in [0.1, 0.15) is 5.82 Å². The Kier molecular flexibility index (Phi) is 3.19. The molecule has 0 aliphatic carbocycles. The lowest BCUT2D eigenvalue weighted by atomic mass is 10.0. The molecular weight excluding hydrogens is 289 g/mol. The van der Waals surface area contributed by atoms with Gasteiger partial charge in [0.2, 0.25) is 0 Å². The normalized spacial score (nSPS) is 13.3. The highest BCUT2D eigenvalue weighted by Gasteiger charge is 2.28. The Morgan fingerprint density at radius 1 is 0.826 bits per heavy atom. The van der Waals surface area contributed by atoms with E-state index in [9.17, 15) is 9.18 Å². The molecule has 0 spiro atoms. The zero-order chi connectivity index (χ0) is 15.8. The topological polar surface area (TPSA) is 20.3 Å². The van der Waals surface area contributed by atoms with Crippen molar-refractivity contribution in [3.05, 3.63) is 89.7 Å². The molecule has 0 radical (unpaired) electrons. The largest absolute Gasteiger partial charge is 0.304 e. The van der Waals surface area contributed by atoms with Crippen LogP contribution >= 0.6 is 0 Å². The summed E-state index contributed by atoms with van der Waals surface area (Å²) in [6.07, 6.45) is 0. The first-order valence-corrected chi connectivity index (χ1v) is 7.49. The van der Waals surface area contributed by atoms with Crippen molar-refractivity contribution in [2.45, 2.75) is 6.54 Å². The van der Waals surface area contributed by atoms with Crippen LogP contribution in [0.1, 0.15) is 15.9 Å². The molecule has 1 heterocycles. The Morgan fingerprint density at radius 3 is 2.30 bits per heavy atom. The summed E-state index contributed by atoms with van der Waals surface area (Å²) in [6.45, 7) is 0.485. The third kappa shape index (κ3) is 2.30. The maximum atomic E-state index is 14.5. The molecule has 112 valence electrons. The van der Waals surface area contributed by atoms with Crippen molar-refractivity contribution in [1.29, 1.82) is 0 Å². The van der Waals surface area contributed by atoms with Gasteiger partial charge >= 0.3 is 0 Å². The molecule has 0 saturated heterocycles. The zero-order valence-corrected chi connectivity index (χ0v) is 12.4. The highest BCUT2D eigenvalue weighted by Crippen LogP contribution is 2.31. The van der Waals surface area contributed by atoms with E-state index < -0.39 is 0 Å². The predicted molar refractivity (Wildman–Crippen MR) is 88.8 cm³/mol. The first-order valence-electron chi connectivity index (χ1n) is 7.49. The van der Waals surface area contributed by atoms with Gasteiger partial charge in [-0.3, -0.25) is 4.79 Å². The monoisotopic (exact) mass is 303 g/mol. The Hall–Kier alpha value is -2.94. The van der Waals surface area contributed by atoms with Crippen molar-refractivity contribution < 1.29 is 9.18 Å². The van der Waals surface area contributed by atoms with Crippen LogP contribution in [-0.2, 0) is 6.54 Å². The van der Waals surface area contributed by atoms with E-state index in [1.165, 1.54) is 6.07 Å². The first kappa shape index (κ1) is 13.7. The Labute approximate surface area is 133 Å². The number of fused-ring (bicyclic) bond motifs is 1. The fourth-order valence-corrected chi connectivity index (χ4v) is 2.99. The minimum atomic E-state index is -0.322. The van der Waals surface area contributed by atoms with Crippen LogP contribution in [0, 0.1) is 5.82 Å². The Morgan fingerprint density at radius 2 is 1.57 bits per heavy atom. The molecule has 3 aromatic carbocycles. The second-order valence-corrected chi connectivity index (χ2v) is 5.58. The molecule has 4 rings (SSSR count). The van der Waals surface area contributed by atoms with Gasteiger partial charge in [-0.05, 0) is 35.4 Å². The van der Waals surface area contributed by atoms with Gasteiger partial charge in [0, 0.05) is 16.8 Å². The molecule has 2 nitrogen and oxygen atoms in total. The van der Waals surface area contributed by atoms with Crippen molar-refractivity contribution in [3.63, 3.8) is 0 Å². The standard InChI is InChI=1S/C20H14FNO/c21-19-12-16(10-11-17(19)14-6-2-1-3-7-14)22-13-15-8-4-5-9-18(15)20(22)23/h1-12H,13H2. The summed E-state index contributed by atoms with van der Waals surface area (Å²) in [5.74, 6) is -0.398. The smallest absolute Gasteiger partial charge is 0.258 e. The minimum absolute atomic E-state index is 0.0764. The van der Waals surface area contributed by atoms with Crippen molar-refractivity contribution in [2.75, 3.05) is 4.90 Å². The van der Waals surface area contributed by atoms with Crippen molar-refractivity contribution >= 4 is 11.6 Å². The maximum Gasteiger partial charge on any atom is 0.258 e. The Bertz CT molecular complexity index is 889. The molecule has 0 unspecified atom stereocenters. The molecule has 0 N–H and O–H groups in total. The highest BCUT2D eigenvalue weighted by molar-refractivity contribution is 6.10. The molecular formula is C20H14FNO. The van der Waals surface area contributed by atoms with Crippen LogP contribution in [0.4, 0.5) is 10.1 Å². The minimum Gasteiger partial charge on any atom is -0.304 e. The number of hydrogen-bond acceptors (Lipinski definition) is 1. The quantitative estimate of drug-likeness (QED) is 0.674. The van der Waals surface area contributed by atoms with Crippen LogP contribution in [-0.4, -0.2) is 5.91 Å². The number of halogens is 1. The molecule has 1 aliphatic rings. The number of benzene rings is 3. The van der Waals surface area contributed by atoms with E-state index in [0.717, 1.165) is 11.1 Å². The van der Waals surface area contributed by atoms with Crippen LogP contribution in [0.15, 0.2) is 72.8 Å². The molecule has 1 aliphatic heterocycles. The number of nitrogens with zero attached hydrogens (tertiary/aromatic N) is 1. The molecule has 0 bridgehead atoms. The number of carbonyl (C=O) groups excluding carboxylic acids is 1. The lowest BCUT2D eigenvalue weighted by molar-refractivity contribution is 0.0996. The summed E-state index contributed by atoms with van der Waals surface area (Å²) >= 11 is 0. The summed E-state index contributed by atoms with van der Waals surface area (Å²) < 4.78 is 14.5.